The van der Waals surface area contributed by atoms with Crippen molar-refractivity contribution in [2.75, 3.05) is 6.61 Å². The molecule has 0 unspecified atom stereocenters. The lowest BCUT2D eigenvalue weighted by Crippen LogP contribution is -2.07. The van der Waals surface area contributed by atoms with Crippen molar-refractivity contribution in [3.05, 3.63) is 70.6 Å². The molecule has 0 atom stereocenters. The first-order valence-corrected chi connectivity index (χ1v) is 8.74. The minimum atomic E-state index is -0.606. The highest BCUT2D eigenvalue weighted by molar-refractivity contribution is 5.98. The fraction of sp³-hybridized carbons (Fsp3) is 0.273. The zero-order valence-electron chi connectivity index (χ0n) is 15.5. The summed E-state index contributed by atoms with van der Waals surface area (Å²) in [7, 11) is 0. The number of hydrogen-bond donors (Lipinski definition) is 0. The van der Waals surface area contributed by atoms with E-state index in [9.17, 15) is 10.1 Å². The number of carbonyl (C=O) groups is 1. The number of nitrogens with zero attached hydrogens (tertiary/aromatic N) is 2. The van der Waals surface area contributed by atoms with Gasteiger partial charge in [-0.05, 0) is 49.6 Å². The van der Waals surface area contributed by atoms with Crippen LogP contribution in [0.2, 0.25) is 0 Å². The van der Waals surface area contributed by atoms with E-state index < -0.39 is 5.97 Å². The molecule has 1 aromatic heterocycles. The molecule has 2 aromatic rings. The first-order chi connectivity index (χ1) is 12.6. The maximum absolute atomic E-state index is 12.2. The fourth-order valence-corrected chi connectivity index (χ4v) is 2.78. The zero-order valence-corrected chi connectivity index (χ0v) is 15.5. The lowest BCUT2D eigenvalue weighted by Gasteiger charge is -2.07. The van der Waals surface area contributed by atoms with Crippen LogP contribution < -0.4 is 0 Å². The molecule has 0 aliphatic heterocycles. The van der Waals surface area contributed by atoms with Crippen LogP contribution in [0.4, 0.5) is 0 Å². The van der Waals surface area contributed by atoms with Crippen LogP contribution in [0.3, 0.4) is 0 Å². The third-order valence-electron chi connectivity index (χ3n) is 4.12. The average molecular weight is 348 g/mol. The molecule has 26 heavy (non-hydrogen) atoms. The molecular formula is C22H24N2O2. The first-order valence-electron chi connectivity index (χ1n) is 8.74. The second-order valence-corrected chi connectivity index (χ2v) is 6.06. The molecule has 0 aliphatic carbocycles. The number of hydrogen-bond acceptors (Lipinski definition) is 3. The van der Waals surface area contributed by atoms with Crippen LogP contribution in [0, 0.1) is 25.2 Å². The van der Waals surface area contributed by atoms with Gasteiger partial charge in [0.25, 0.3) is 0 Å². The van der Waals surface area contributed by atoms with Gasteiger partial charge in [-0.2, -0.15) is 5.26 Å². The molecule has 134 valence electrons. The lowest BCUT2D eigenvalue weighted by atomic mass is 10.1. The largest absolute Gasteiger partial charge is 0.457 e. The number of carbonyl (C=O) groups excluding carboxylic acids is 1. The van der Waals surface area contributed by atoms with Crippen LogP contribution in [0.1, 0.15) is 35.9 Å². The quantitative estimate of drug-likeness (QED) is 0.415. The Balaban J connectivity index is 2.04. The number of aryl methyl sites for hydroxylation is 1. The number of esters is 1. The summed E-state index contributed by atoms with van der Waals surface area (Å²) < 4.78 is 7.38. The van der Waals surface area contributed by atoms with Crippen LogP contribution in [0.5, 0.6) is 0 Å². The fourth-order valence-electron chi connectivity index (χ4n) is 2.78. The molecule has 2 rings (SSSR count). The molecule has 0 spiro atoms. The van der Waals surface area contributed by atoms with Crippen LogP contribution in [-0.2, 0) is 16.1 Å². The van der Waals surface area contributed by atoms with Gasteiger partial charge in [0, 0.05) is 17.9 Å². The van der Waals surface area contributed by atoms with Gasteiger partial charge in [-0.1, -0.05) is 43.3 Å². The Morgan fingerprint density at radius 1 is 1.27 bits per heavy atom. The van der Waals surface area contributed by atoms with E-state index in [0.29, 0.717) is 0 Å². The highest BCUT2D eigenvalue weighted by atomic mass is 16.5. The summed E-state index contributed by atoms with van der Waals surface area (Å²) in [6, 6.07) is 13.7. The van der Waals surface area contributed by atoms with Crippen molar-refractivity contribution in [3.8, 4) is 6.07 Å². The Morgan fingerprint density at radius 3 is 2.65 bits per heavy atom. The Morgan fingerprint density at radius 2 is 2.00 bits per heavy atom. The van der Waals surface area contributed by atoms with Crippen molar-refractivity contribution in [1.82, 2.24) is 4.57 Å². The standard InChI is InChI=1S/C22H24N2O2/c1-4-12-24-17(2)14-20(18(24)3)15-21(16-23)22(25)26-13-8-11-19-9-6-5-7-10-19/h5-11,14-15H,4,12-13H2,1-3H3/b11-8+,21-15+. The third kappa shape index (κ3) is 4.97. The Labute approximate surface area is 155 Å². The predicted octanol–water partition coefficient (Wildman–Crippen LogP) is 4.68. The molecule has 0 bridgehead atoms. The first kappa shape index (κ1) is 19.3. The van der Waals surface area contributed by atoms with Crippen LogP contribution in [0.25, 0.3) is 12.2 Å². The summed E-state index contributed by atoms with van der Waals surface area (Å²) >= 11 is 0. The topological polar surface area (TPSA) is 55.0 Å². The molecule has 0 aliphatic rings. The molecule has 0 saturated heterocycles. The zero-order chi connectivity index (χ0) is 18.9. The molecular weight excluding hydrogens is 324 g/mol. The van der Waals surface area contributed by atoms with Crippen LogP contribution in [0.15, 0.2) is 48.0 Å². The summed E-state index contributed by atoms with van der Waals surface area (Å²) in [4.78, 5) is 12.2. The van der Waals surface area contributed by atoms with Crippen molar-refractivity contribution in [2.24, 2.45) is 0 Å². The van der Waals surface area contributed by atoms with E-state index in [2.05, 4.69) is 11.5 Å². The molecule has 1 aromatic carbocycles. The molecule has 0 fully saturated rings. The van der Waals surface area contributed by atoms with Crippen molar-refractivity contribution < 1.29 is 9.53 Å². The minimum Gasteiger partial charge on any atom is -0.457 e. The van der Waals surface area contributed by atoms with Gasteiger partial charge in [0.1, 0.15) is 18.2 Å². The number of nitriles is 1. The highest BCUT2D eigenvalue weighted by Crippen LogP contribution is 2.19. The van der Waals surface area contributed by atoms with E-state index >= 15 is 0 Å². The minimum absolute atomic E-state index is 0.00913. The van der Waals surface area contributed by atoms with Crippen molar-refractivity contribution in [2.45, 2.75) is 33.7 Å². The SMILES string of the molecule is CCCn1c(C)cc(/C=C(\C#N)C(=O)OC/C=C/c2ccccc2)c1C. The van der Waals surface area contributed by atoms with Crippen molar-refractivity contribution in [1.29, 1.82) is 5.26 Å². The monoisotopic (exact) mass is 348 g/mol. The van der Waals surface area contributed by atoms with Gasteiger partial charge in [0.05, 0.1) is 0 Å². The Kier molecular flexibility index (Phi) is 6.99. The van der Waals surface area contributed by atoms with Gasteiger partial charge in [0.15, 0.2) is 0 Å². The van der Waals surface area contributed by atoms with Crippen LogP contribution >= 0.6 is 0 Å². The second-order valence-electron chi connectivity index (χ2n) is 6.06. The Bertz CT molecular complexity index is 852. The summed E-state index contributed by atoms with van der Waals surface area (Å²) in [5.41, 5.74) is 4.09. The van der Waals surface area contributed by atoms with Gasteiger partial charge in [-0.15, -0.1) is 0 Å². The number of benzene rings is 1. The summed E-state index contributed by atoms with van der Waals surface area (Å²) in [5.74, 6) is -0.606. The number of aromatic nitrogens is 1. The van der Waals surface area contributed by atoms with E-state index in [1.165, 1.54) is 0 Å². The summed E-state index contributed by atoms with van der Waals surface area (Å²) in [5, 5.41) is 9.32. The molecule has 0 saturated carbocycles. The number of rotatable bonds is 7. The second kappa shape index (κ2) is 9.43. The summed E-state index contributed by atoms with van der Waals surface area (Å²) in [6.45, 7) is 7.19. The normalized spacial score (nSPS) is 11.5. The van der Waals surface area contributed by atoms with Gasteiger partial charge in [-0.25, -0.2) is 4.79 Å². The smallest absolute Gasteiger partial charge is 0.349 e. The van der Waals surface area contributed by atoms with Crippen LogP contribution in [-0.4, -0.2) is 17.1 Å². The highest BCUT2D eigenvalue weighted by Gasteiger charge is 2.13. The molecule has 0 N–H and O–H groups in total. The molecule has 4 heteroatoms. The molecule has 0 amide bonds. The van der Waals surface area contributed by atoms with Gasteiger partial charge < -0.3 is 9.30 Å². The van der Waals surface area contributed by atoms with Gasteiger partial charge >= 0.3 is 5.97 Å². The van der Waals surface area contributed by atoms with Gasteiger partial charge in [0.2, 0.25) is 0 Å². The molecule has 0 radical (unpaired) electrons. The maximum atomic E-state index is 12.2. The third-order valence-corrected chi connectivity index (χ3v) is 4.12. The average Bonchev–Trinajstić information content (AvgIpc) is 2.91. The number of ether oxygens (including phenoxy) is 1. The predicted molar refractivity (Wildman–Crippen MR) is 104 cm³/mol. The van der Waals surface area contributed by atoms with E-state index in [4.69, 9.17) is 4.74 Å². The molecule has 4 nitrogen and oxygen atoms in total. The molecule has 1 heterocycles. The van der Waals surface area contributed by atoms with Gasteiger partial charge in [-0.3, -0.25) is 0 Å². The van der Waals surface area contributed by atoms with E-state index in [1.807, 2.05) is 62.4 Å². The van der Waals surface area contributed by atoms with E-state index in [-0.39, 0.29) is 12.2 Å². The van der Waals surface area contributed by atoms with E-state index in [1.54, 1.807) is 12.2 Å². The Hall–Kier alpha value is -3.06. The maximum Gasteiger partial charge on any atom is 0.349 e. The lowest BCUT2D eigenvalue weighted by molar-refractivity contribution is -0.137. The van der Waals surface area contributed by atoms with Crippen molar-refractivity contribution >= 4 is 18.1 Å². The van der Waals surface area contributed by atoms with Crippen molar-refractivity contribution in [3.63, 3.8) is 0 Å². The summed E-state index contributed by atoms with van der Waals surface area (Å²) in [6.07, 6.45) is 6.27. The van der Waals surface area contributed by atoms with E-state index in [0.717, 1.165) is 35.5 Å².